The molecule has 5 heteroatoms. The van der Waals surface area contributed by atoms with Gasteiger partial charge in [0.05, 0.1) is 11.6 Å². The van der Waals surface area contributed by atoms with E-state index in [1.165, 1.54) is 0 Å². The average Bonchev–Trinajstić information content (AvgIpc) is 2.44. The molecule has 0 aromatic heterocycles. The van der Waals surface area contributed by atoms with E-state index in [0.717, 1.165) is 34.3 Å². The predicted octanol–water partition coefficient (Wildman–Crippen LogP) is 4.07. The van der Waals surface area contributed by atoms with E-state index in [2.05, 4.69) is 35.2 Å². The molecule has 0 radical (unpaired) electrons. The number of hydrogen-bond acceptors (Lipinski definition) is 3. The van der Waals surface area contributed by atoms with Crippen LogP contribution >= 0.6 is 27.5 Å². The van der Waals surface area contributed by atoms with Gasteiger partial charge in [0.2, 0.25) is 0 Å². The smallest absolute Gasteiger partial charge is 0.0846 e. The minimum absolute atomic E-state index is 0.0242. The van der Waals surface area contributed by atoms with Gasteiger partial charge in [-0.1, -0.05) is 47.4 Å². The van der Waals surface area contributed by atoms with Crippen molar-refractivity contribution in [3.05, 3.63) is 33.3 Å². The molecule has 1 atom stereocenters. The Morgan fingerprint density at radius 1 is 1.35 bits per heavy atom. The maximum absolute atomic E-state index is 6.30. The highest BCUT2D eigenvalue weighted by atomic mass is 79.9. The fourth-order valence-electron chi connectivity index (χ4n) is 2.64. The summed E-state index contributed by atoms with van der Waals surface area (Å²) in [5, 5.41) is 0.747. The molecule has 114 valence electrons. The first kappa shape index (κ1) is 17.9. The molecule has 0 fully saturated rings. The van der Waals surface area contributed by atoms with Crippen molar-refractivity contribution in [3.63, 3.8) is 0 Å². The molecule has 0 saturated heterocycles. The second-order valence-electron chi connectivity index (χ2n) is 4.86. The van der Waals surface area contributed by atoms with Gasteiger partial charge < -0.3 is 4.74 Å². The quantitative estimate of drug-likeness (QED) is 0.540. The Bertz CT molecular complexity index is 424. The average molecular weight is 364 g/mol. The summed E-state index contributed by atoms with van der Waals surface area (Å²) >= 11 is 9.73. The monoisotopic (exact) mass is 362 g/mol. The van der Waals surface area contributed by atoms with E-state index in [-0.39, 0.29) is 11.6 Å². The highest BCUT2D eigenvalue weighted by molar-refractivity contribution is 9.10. The summed E-state index contributed by atoms with van der Waals surface area (Å²) in [7, 11) is 0. The van der Waals surface area contributed by atoms with E-state index < -0.39 is 0 Å². The standard InChI is InChI=1S/C15H24BrClN2O/c1-4-15(5-2,20-6-3)14(19-18)9-11-7-8-12(16)10-13(11)17/h7-8,10,14,19H,4-6,9,18H2,1-3H3. The van der Waals surface area contributed by atoms with Gasteiger partial charge in [0, 0.05) is 16.1 Å². The lowest BCUT2D eigenvalue weighted by atomic mass is 9.84. The van der Waals surface area contributed by atoms with E-state index in [9.17, 15) is 0 Å². The van der Waals surface area contributed by atoms with Crippen molar-refractivity contribution in [1.29, 1.82) is 0 Å². The Morgan fingerprint density at radius 3 is 2.45 bits per heavy atom. The first-order chi connectivity index (χ1) is 9.52. The second kappa shape index (κ2) is 8.35. The topological polar surface area (TPSA) is 47.3 Å². The lowest BCUT2D eigenvalue weighted by Crippen LogP contribution is -2.55. The summed E-state index contributed by atoms with van der Waals surface area (Å²) in [5.41, 5.74) is 3.73. The maximum atomic E-state index is 6.30. The van der Waals surface area contributed by atoms with Gasteiger partial charge in [-0.25, -0.2) is 0 Å². The van der Waals surface area contributed by atoms with Gasteiger partial charge in [-0.2, -0.15) is 0 Å². The van der Waals surface area contributed by atoms with E-state index in [0.29, 0.717) is 6.61 Å². The first-order valence-corrected chi connectivity index (χ1v) is 8.24. The summed E-state index contributed by atoms with van der Waals surface area (Å²) in [6.07, 6.45) is 2.55. The van der Waals surface area contributed by atoms with Crippen LogP contribution in [0.25, 0.3) is 0 Å². The largest absolute Gasteiger partial charge is 0.374 e. The molecule has 1 aromatic rings. The van der Waals surface area contributed by atoms with Crippen LogP contribution in [0, 0.1) is 0 Å². The molecule has 0 aliphatic heterocycles. The van der Waals surface area contributed by atoms with Crippen LogP contribution in [0.4, 0.5) is 0 Å². The minimum atomic E-state index is -0.264. The molecular weight excluding hydrogens is 340 g/mol. The van der Waals surface area contributed by atoms with Crippen molar-refractivity contribution in [3.8, 4) is 0 Å². The zero-order chi connectivity index (χ0) is 15.2. The summed E-state index contributed by atoms with van der Waals surface area (Å²) in [6, 6.07) is 5.95. The molecule has 0 aliphatic rings. The number of ether oxygens (including phenoxy) is 1. The second-order valence-corrected chi connectivity index (χ2v) is 6.19. The third kappa shape index (κ3) is 4.18. The van der Waals surface area contributed by atoms with E-state index in [4.69, 9.17) is 22.2 Å². The van der Waals surface area contributed by atoms with Crippen molar-refractivity contribution in [1.82, 2.24) is 5.43 Å². The van der Waals surface area contributed by atoms with Gasteiger partial charge in [0.15, 0.2) is 0 Å². The van der Waals surface area contributed by atoms with Crippen LogP contribution in [-0.2, 0) is 11.2 Å². The number of nitrogens with one attached hydrogen (secondary N) is 1. The lowest BCUT2D eigenvalue weighted by molar-refractivity contribution is -0.0719. The fourth-order valence-corrected chi connectivity index (χ4v) is 3.39. The summed E-state index contributed by atoms with van der Waals surface area (Å²) in [4.78, 5) is 0. The fraction of sp³-hybridized carbons (Fsp3) is 0.600. The number of benzene rings is 1. The Hall–Kier alpha value is -0.130. The molecule has 1 unspecified atom stereocenters. The molecule has 0 heterocycles. The lowest BCUT2D eigenvalue weighted by Gasteiger charge is -2.39. The number of hydrazine groups is 1. The molecule has 0 aliphatic carbocycles. The van der Waals surface area contributed by atoms with Gasteiger partial charge in [-0.05, 0) is 43.9 Å². The van der Waals surface area contributed by atoms with E-state index >= 15 is 0 Å². The first-order valence-electron chi connectivity index (χ1n) is 7.07. The van der Waals surface area contributed by atoms with Crippen LogP contribution in [0.1, 0.15) is 39.2 Å². The number of hydrogen-bond donors (Lipinski definition) is 2. The van der Waals surface area contributed by atoms with Crippen LogP contribution in [0.5, 0.6) is 0 Å². The van der Waals surface area contributed by atoms with E-state index in [1.807, 2.05) is 25.1 Å². The molecule has 0 amide bonds. The van der Waals surface area contributed by atoms with Crippen molar-refractivity contribution >= 4 is 27.5 Å². The number of nitrogens with two attached hydrogens (primary N) is 1. The third-order valence-electron chi connectivity index (χ3n) is 3.90. The molecule has 1 aromatic carbocycles. The van der Waals surface area contributed by atoms with Crippen LogP contribution in [0.2, 0.25) is 5.02 Å². The zero-order valence-electron chi connectivity index (χ0n) is 12.4. The highest BCUT2D eigenvalue weighted by Gasteiger charge is 2.36. The van der Waals surface area contributed by atoms with Gasteiger partial charge in [0.25, 0.3) is 0 Å². The molecule has 3 nitrogen and oxygen atoms in total. The molecule has 0 spiro atoms. The van der Waals surface area contributed by atoms with Crippen molar-refractivity contribution in [2.75, 3.05) is 6.61 Å². The Labute approximate surface area is 135 Å². The number of halogens is 2. The summed E-state index contributed by atoms with van der Waals surface area (Å²) < 4.78 is 7.00. The van der Waals surface area contributed by atoms with Gasteiger partial charge >= 0.3 is 0 Å². The van der Waals surface area contributed by atoms with Gasteiger partial charge in [0.1, 0.15) is 0 Å². The van der Waals surface area contributed by atoms with Crippen molar-refractivity contribution < 1.29 is 4.74 Å². The van der Waals surface area contributed by atoms with Crippen LogP contribution in [0.15, 0.2) is 22.7 Å². The summed E-state index contributed by atoms with van der Waals surface area (Å²) in [6.45, 7) is 6.95. The summed E-state index contributed by atoms with van der Waals surface area (Å²) in [5.74, 6) is 5.79. The van der Waals surface area contributed by atoms with Gasteiger partial charge in [-0.3, -0.25) is 11.3 Å². The van der Waals surface area contributed by atoms with Crippen LogP contribution < -0.4 is 11.3 Å². The SMILES string of the molecule is CCOC(CC)(CC)C(Cc1ccc(Br)cc1Cl)NN. The Balaban J connectivity index is 2.99. The zero-order valence-corrected chi connectivity index (χ0v) is 14.7. The van der Waals surface area contributed by atoms with Gasteiger partial charge in [-0.15, -0.1) is 0 Å². The molecule has 3 N–H and O–H groups in total. The Kier molecular flexibility index (Phi) is 7.48. The van der Waals surface area contributed by atoms with Crippen LogP contribution in [0.3, 0.4) is 0 Å². The molecule has 0 saturated carbocycles. The Morgan fingerprint density at radius 2 is 2.00 bits per heavy atom. The molecule has 0 bridgehead atoms. The predicted molar refractivity (Wildman–Crippen MR) is 88.9 cm³/mol. The van der Waals surface area contributed by atoms with E-state index in [1.54, 1.807) is 0 Å². The number of rotatable bonds is 8. The van der Waals surface area contributed by atoms with Crippen molar-refractivity contribution in [2.45, 2.75) is 51.7 Å². The third-order valence-corrected chi connectivity index (χ3v) is 4.75. The minimum Gasteiger partial charge on any atom is -0.374 e. The normalized spacial score (nSPS) is 13.5. The highest BCUT2D eigenvalue weighted by Crippen LogP contribution is 2.30. The van der Waals surface area contributed by atoms with Crippen LogP contribution in [-0.4, -0.2) is 18.2 Å². The molecular formula is C15H24BrClN2O. The maximum Gasteiger partial charge on any atom is 0.0846 e. The molecule has 20 heavy (non-hydrogen) atoms. The molecule has 1 rings (SSSR count). The van der Waals surface area contributed by atoms with Crippen molar-refractivity contribution in [2.24, 2.45) is 5.84 Å².